The van der Waals surface area contributed by atoms with Crippen molar-refractivity contribution in [3.8, 4) is 11.6 Å². The zero-order valence-corrected chi connectivity index (χ0v) is 30.2. The minimum Gasteiger partial charge on any atom is -0.497 e. The van der Waals surface area contributed by atoms with Gasteiger partial charge in [0.2, 0.25) is 17.7 Å². The first kappa shape index (κ1) is 36.5. The number of anilines is 1. The molecule has 14 nitrogen and oxygen atoms in total. The number of fused-ring (bicyclic) bond motifs is 1. The number of ether oxygens (including phenoxy) is 2. The molecule has 2 fully saturated rings. The lowest BCUT2D eigenvalue weighted by atomic mass is 10.0. The van der Waals surface area contributed by atoms with Crippen LogP contribution >= 0.6 is 0 Å². The highest BCUT2D eigenvalue weighted by molar-refractivity contribution is 7.87. The van der Waals surface area contributed by atoms with E-state index in [4.69, 9.17) is 9.47 Å². The van der Waals surface area contributed by atoms with Gasteiger partial charge in [-0.15, -0.1) is 6.58 Å². The summed E-state index contributed by atoms with van der Waals surface area (Å²) in [5, 5.41) is 7.64. The van der Waals surface area contributed by atoms with Crippen molar-refractivity contribution in [1.29, 1.82) is 0 Å². The Kier molecular flexibility index (Phi) is 10.4. The molecule has 268 valence electrons. The SMILES string of the molecule is C=C[C@@H]1C[C@]1(NC(=O)[C@@H]1C[C@@H](Oc2nccc3cc(OC)ccc23)CN1C(=O)C(Nc1cc(C)cc(C)n1)C(C)C)C(=O)NS(=O)(=O)N(C)C. The van der Waals surface area contributed by atoms with Crippen LogP contribution in [0.3, 0.4) is 0 Å². The molecule has 1 saturated heterocycles. The van der Waals surface area contributed by atoms with Crippen LogP contribution in [0.15, 0.2) is 55.3 Å². The van der Waals surface area contributed by atoms with Crippen LogP contribution in [0, 0.1) is 25.7 Å². The van der Waals surface area contributed by atoms with Crippen LogP contribution in [-0.4, -0.2) is 96.8 Å². The van der Waals surface area contributed by atoms with Gasteiger partial charge in [-0.25, -0.2) is 14.7 Å². The number of nitrogens with one attached hydrogen (secondary N) is 3. The van der Waals surface area contributed by atoms with Crippen LogP contribution in [0.2, 0.25) is 0 Å². The van der Waals surface area contributed by atoms with E-state index in [-0.39, 0.29) is 31.2 Å². The summed E-state index contributed by atoms with van der Waals surface area (Å²) in [6.07, 6.45) is 2.71. The molecular weight excluding hydrogens is 662 g/mol. The second-order valence-electron chi connectivity index (χ2n) is 13.4. The number of aromatic nitrogens is 2. The highest BCUT2D eigenvalue weighted by atomic mass is 32.2. The Morgan fingerprint density at radius 1 is 1.14 bits per heavy atom. The monoisotopic (exact) mass is 707 g/mol. The Morgan fingerprint density at radius 3 is 2.50 bits per heavy atom. The number of rotatable bonds is 13. The van der Waals surface area contributed by atoms with Crippen LogP contribution in [0.25, 0.3) is 10.8 Å². The molecule has 1 saturated carbocycles. The van der Waals surface area contributed by atoms with Crippen molar-refractivity contribution in [2.45, 2.75) is 64.3 Å². The van der Waals surface area contributed by atoms with Gasteiger partial charge in [0.15, 0.2) is 0 Å². The van der Waals surface area contributed by atoms with Crippen LogP contribution in [0.4, 0.5) is 5.82 Å². The summed E-state index contributed by atoms with van der Waals surface area (Å²) < 4.78 is 39.7. The number of carbonyl (C=O) groups excluding carboxylic acids is 3. The zero-order valence-electron chi connectivity index (χ0n) is 29.4. The van der Waals surface area contributed by atoms with Crippen LogP contribution in [0.1, 0.15) is 37.9 Å². The summed E-state index contributed by atoms with van der Waals surface area (Å²) in [5.74, 6) is -1.04. The number of aryl methyl sites for hydroxylation is 2. The molecule has 2 aliphatic rings. The number of benzene rings is 1. The van der Waals surface area contributed by atoms with Gasteiger partial charge in [-0.1, -0.05) is 19.9 Å². The largest absolute Gasteiger partial charge is 0.497 e. The van der Waals surface area contributed by atoms with Crippen LogP contribution in [0.5, 0.6) is 11.6 Å². The quantitative estimate of drug-likeness (QED) is 0.224. The molecular formula is C35H45N7O7S. The molecule has 0 radical (unpaired) electrons. The fourth-order valence-corrected chi connectivity index (χ4v) is 6.88. The van der Waals surface area contributed by atoms with Crippen LogP contribution in [-0.2, 0) is 24.6 Å². The molecule has 3 N–H and O–H groups in total. The number of methoxy groups -OCH3 is 1. The molecule has 5 atom stereocenters. The summed E-state index contributed by atoms with van der Waals surface area (Å²) >= 11 is 0. The standard InChI is InChI=1S/C35H45N7O7S/c1-9-24-18-35(24,34(45)40-50(46,47)41(6)7)39-31(43)28-17-26(49-32-27-11-10-25(48-8)16-23(27)12-13-36-32)19-42(28)33(44)30(20(2)3)38-29-15-21(4)14-22(5)37-29/h9-16,20,24,26,28,30H,1,17-19H2,2-8H3,(H,37,38)(H,39,43)(H,40,45)/t24-,26-,28+,30?,35-/m1/s1. The molecule has 1 aromatic carbocycles. The van der Waals surface area contributed by atoms with Gasteiger partial charge in [0.05, 0.1) is 13.7 Å². The molecule has 3 aromatic rings. The predicted molar refractivity (Wildman–Crippen MR) is 189 cm³/mol. The molecule has 3 heterocycles. The number of hydrogen-bond donors (Lipinski definition) is 3. The minimum absolute atomic E-state index is 0.0510. The number of likely N-dealkylation sites (tertiary alicyclic amines) is 1. The Balaban J connectivity index is 1.46. The van der Waals surface area contributed by atoms with E-state index in [0.717, 1.165) is 26.3 Å². The molecule has 0 bridgehead atoms. The first-order valence-electron chi connectivity index (χ1n) is 16.4. The van der Waals surface area contributed by atoms with E-state index in [1.165, 1.54) is 25.1 Å². The average molecular weight is 708 g/mol. The highest BCUT2D eigenvalue weighted by Crippen LogP contribution is 2.45. The Hall–Kier alpha value is -4.76. The second kappa shape index (κ2) is 14.2. The lowest BCUT2D eigenvalue weighted by molar-refractivity contribution is -0.140. The van der Waals surface area contributed by atoms with Crippen molar-refractivity contribution in [1.82, 2.24) is 29.2 Å². The number of pyridine rings is 2. The van der Waals surface area contributed by atoms with E-state index in [1.807, 2.05) is 62.7 Å². The first-order valence-corrected chi connectivity index (χ1v) is 17.8. The Morgan fingerprint density at radius 2 is 1.88 bits per heavy atom. The van der Waals surface area contributed by atoms with Gasteiger partial charge in [0.1, 0.15) is 35.3 Å². The molecule has 5 rings (SSSR count). The third-order valence-electron chi connectivity index (χ3n) is 9.15. The second-order valence-corrected chi connectivity index (χ2v) is 15.3. The van der Waals surface area contributed by atoms with Crippen molar-refractivity contribution >= 4 is 44.5 Å². The van der Waals surface area contributed by atoms with Crippen LogP contribution < -0.4 is 24.8 Å². The number of amides is 3. The van der Waals surface area contributed by atoms with E-state index < -0.39 is 51.7 Å². The summed E-state index contributed by atoms with van der Waals surface area (Å²) in [4.78, 5) is 52.5. The van der Waals surface area contributed by atoms with Gasteiger partial charge < -0.3 is 25.0 Å². The predicted octanol–water partition coefficient (Wildman–Crippen LogP) is 2.72. The Bertz CT molecular complexity index is 1900. The van der Waals surface area contributed by atoms with Gasteiger partial charge in [-0.2, -0.15) is 12.7 Å². The Labute approximate surface area is 292 Å². The molecule has 0 spiro atoms. The van der Waals surface area contributed by atoms with E-state index in [0.29, 0.717) is 17.4 Å². The fraction of sp³-hybridized carbons (Fsp3) is 0.457. The summed E-state index contributed by atoms with van der Waals surface area (Å²) in [7, 11) is 0.0159. The number of carbonyl (C=O) groups is 3. The van der Waals surface area contributed by atoms with E-state index in [9.17, 15) is 22.8 Å². The normalized spacial score (nSPS) is 22.3. The van der Waals surface area contributed by atoms with Gasteiger partial charge in [-0.3, -0.25) is 14.4 Å². The topological polar surface area (TPSA) is 172 Å². The number of hydrogen-bond acceptors (Lipinski definition) is 10. The van der Waals surface area contributed by atoms with Gasteiger partial charge in [-0.05, 0) is 73.5 Å². The van der Waals surface area contributed by atoms with Crippen molar-refractivity contribution < 1.29 is 32.3 Å². The third kappa shape index (κ3) is 7.53. The van der Waals surface area contributed by atoms with Crippen molar-refractivity contribution in [3.63, 3.8) is 0 Å². The molecule has 3 amide bonds. The molecule has 50 heavy (non-hydrogen) atoms. The summed E-state index contributed by atoms with van der Waals surface area (Å²) in [6.45, 7) is 11.4. The van der Waals surface area contributed by atoms with E-state index in [1.54, 1.807) is 19.4 Å². The smallest absolute Gasteiger partial charge is 0.303 e. The zero-order chi connectivity index (χ0) is 36.5. The summed E-state index contributed by atoms with van der Waals surface area (Å²) in [6, 6.07) is 9.29. The van der Waals surface area contributed by atoms with Crippen molar-refractivity contribution in [2.24, 2.45) is 11.8 Å². The fourth-order valence-electron chi connectivity index (χ4n) is 6.29. The highest BCUT2D eigenvalue weighted by Gasteiger charge is 2.61. The van der Waals surface area contributed by atoms with Crippen molar-refractivity contribution in [3.05, 3.63) is 66.5 Å². The van der Waals surface area contributed by atoms with Gasteiger partial charge >= 0.3 is 10.2 Å². The lowest BCUT2D eigenvalue weighted by Crippen LogP contribution is -2.58. The maximum absolute atomic E-state index is 14.4. The third-order valence-corrected chi connectivity index (χ3v) is 10.6. The first-order chi connectivity index (χ1) is 23.6. The van der Waals surface area contributed by atoms with Crippen molar-refractivity contribution in [2.75, 3.05) is 33.1 Å². The molecule has 2 aromatic heterocycles. The lowest BCUT2D eigenvalue weighted by Gasteiger charge is -2.31. The minimum atomic E-state index is -4.14. The summed E-state index contributed by atoms with van der Waals surface area (Å²) in [5.41, 5.74) is 0.212. The molecule has 1 aliphatic heterocycles. The molecule has 15 heteroatoms. The maximum Gasteiger partial charge on any atom is 0.303 e. The molecule has 1 unspecified atom stereocenters. The average Bonchev–Trinajstić information content (AvgIpc) is 3.61. The van der Waals surface area contributed by atoms with Gasteiger partial charge in [0, 0.05) is 43.7 Å². The van der Waals surface area contributed by atoms with E-state index in [2.05, 4.69) is 27.2 Å². The van der Waals surface area contributed by atoms with Gasteiger partial charge in [0.25, 0.3) is 5.91 Å². The maximum atomic E-state index is 14.4. The molecule has 1 aliphatic carbocycles. The number of nitrogens with zero attached hydrogens (tertiary/aromatic N) is 4. The van der Waals surface area contributed by atoms with E-state index >= 15 is 0 Å².